The molecule has 0 aromatic rings. The smallest absolute Gasteiger partial charge is 0.317 e. The van der Waals surface area contributed by atoms with E-state index in [1.165, 1.54) is 0 Å². The Morgan fingerprint density at radius 1 is 1.29 bits per heavy atom. The first-order valence-electron chi connectivity index (χ1n) is 5.28. The molecule has 1 fully saturated rings. The Hall–Kier alpha value is -0.730. The molecule has 0 spiro atoms. The summed E-state index contributed by atoms with van der Waals surface area (Å²) in [7, 11) is 0. The van der Waals surface area contributed by atoms with Crippen molar-refractivity contribution < 1.29 is 4.79 Å². The van der Waals surface area contributed by atoms with Crippen molar-refractivity contribution in [3.05, 3.63) is 0 Å². The van der Waals surface area contributed by atoms with Gasteiger partial charge in [0.15, 0.2) is 0 Å². The van der Waals surface area contributed by atoms with E-state index >= 15 is 0 Å². The minimum atomic E-state index is -0.0428. The van der Waals surface area contributed by atoms with Crippen LogP contribution in [0.4, 0.5) is 4.79 Å². The summed E-state index contributed by atoms with van der Waals surface area (Å²) in [5, 5.41) is 2.85. The number of amides is 2. The van der Waals surface area contributed by atoms with Gasteiger partial charge in [-0.3, -0.25) is 0 Å². The highest BCUT2D eigenvalue weighted by Gasteiger charge is 2.36. The van der Waals surface area contributed by atoms with Crippen molar-refractivity contribution >= 4 is 6.03 Å². The minimum absolute atomic E-state index is 0.0428. The Bertz CT molecular complexity index is 228. The van der Waals surface area contributed by atoms with Crippen LogP contribution in [0.15, 0.2) is 0 Å². The first-order chi connectivity index (χ1) is 6.22. The Morgan fingerprint density at radius 2 is 1.86 bits per heavy atom. The van der Waals surface area contributed by atoms with Crippen LogP contribution in [0.2, 0.25) is 0 Å². The lowest BCUT2D eigenvalue weighted by molar-refractivity contribution is 0.121. The van der Waals surface area contributed by atoms with Gasteiger partial charge in [0.2, 0.25) is 0 Å². The maximum absolute atomic E-state index is 11.5. The van der Waals surface area contributed by atoms with Gasteiger partial charge < -0.3 is 10.2 Å². The minimum Gasteiger partial charge on any atom is -0.336 e. The predicted octanol–water partition coefficient (Wildman–Crippen LogP) is 2.23. The molecule has 0 aromatic heterocycles. The fraction of sp³-hybridized carbons (Fsp3) is 0.909. The summed E-state index contributed by atoms with van der Waals surface area (Å²) in [6.07, 6.45) is 1.02. The molecule has 82 valence electrons. The van der Waals surface area contributed by atoms with Gasteiger partial charge in [-0.05, 0) is 25.7 Å². The van der Waals surface area contributed by atoms with Crippen LogP contribution >= 0.6 is 0 Å². The molecule has 1 rings (SSSR count). The van der Waals surface area contributed by atoms with Crippen molar-refractivity contribution in [1.29, 1.82) is 0 Å². The highest BCUT2D eigenvalue weighted by atomic mass is 16.2. The summed E-state index contributed by atoms with van der Waals surface area (Å²) < 4.78 is 0. The van der Waals surface area contributed by atoms with E-state index in [0.717, 1.165) is 19.5 Å². The number of urea groups is 1. The summed E-state index contributed by atoms with van der Waals surface area (Å²) in [6.45, 7) is 12.5. The maximum atomic E-state index is 11.5. The number of carbonyl (C=O) groups is 1. The van der Waals surface area contributed by atoms with E-state index in [1.54, 1.807) is 0 Å². The third-order valence-corrected chi connectivity index (χ3v) is 2.55. The van der Waals surface area contributed by atoms with E-state index in [1.807, 2.05) is 4.90 Å². The summed E-state index contributed by atoms with van der Waals surface area (Å²) in [5.74, 6) is 0. The molecule has 3 nitrogen and oxygen atoms in total. The monoisotopic (exact) mass is 198 g/mol. The second kappa shape index (κ2) is 3.44. The molecule has 1 saturated heterocycles. The molecule has 0 unspecified atom stereocenters. The van der Waals surface area contributed by atoms with Crippen LogP contribution in [0.1, 0.15) is 41.0 Å². The zero-order valence-corrected chi connectivity index (χ0v) is 9.98. The summed E-state index contributed by atoms with van der Waals surface area (Å²) >= 11 is 0. The van der Waals surface area contributed by atoms with Crippen LogP contribution in [-0.4, -0.2) is 29.6 Å². The number of nitrogens with zero attached hydrogens (tertiary/aromatic N) is 1. The summed E-state index contributed by atoms with van der Waals surface area (Å²) in [4.78, 5) is 13.5. The molecule has 0 atom stereocenters. The Kier molecular flexibility index (Phi) is 2.79. The third-order valence-electron chi connectivity index (χ3n) is 2.55. The molecule has 14 heavy (non-hydrogen) atoms. The van der Waals surface area contributed by atoms with E-state index < -0.39 is 0 Å². The topological polar surface area (TPSA) is 32.3 Å². The molecule has 0 aliphatic carbocycles. The van der Waals surface area contributed by atoms with E-state index in [4.69, 9.17) is 0 Å². The molecule has 0 aromatic carbocycles. The normalized spacial score (nSPS) is 18.6. The largest absolute Gasteiger partial charge is 0.336 e. The quantitative estimate of drug-likeness (QED) is 0.725. The average molecular weight is 198 g/mol. The second-order valence-electron chi connectivity index (χ2n) is 5.93. The average Bonchev–Trinajstić information content (AvgIpc) is 2.29. The molecule has 0 bridgehead atoms. The van der Waals surface area contributed by atoms with Crippen LogP contribution in [0, 0.1) is 5.41 Å². The summed E-state index contributed by atoms with van der Waals surface area (Å²) in [6, 6.07) is 0.0826. The van der Waals surface area contributed by atoms with E-state index in [9.17, 15) is 4.79 Å². The number of nitrogens with one attached hydrogen (secondary N) is 1. The number of hydrogen-bond donors (Lipinski definition) is 1. The third kappa shape index (κ3) is 2.63. The Balaban J connectivity index is 2.69. The number of carbonyl (C=O) groups excluding carboxylic acids is 1. The van der Waals surface area contributed by atoms with Gasteiger partial charge in [0, 0.05) is 18.6 Å². The molecule has 1 aliphatic rings. The van der Waals surface area contributed by atoms with Gasteiger partial charge in [0.1, 0.15) is 0 Å². The zero-order chi connectivity index (χ0) is 11.0. The van der Waals surface area contributed by atoms with Crippen LogP contribution in [0.25, 0.3) is 0 Å². The van der Waals surface area contributed by atoms with Gasteiger partial charge >= 0.3 is 6.03 Å². The zero-order valence-electron chi connectivity index (χ0n) is 9.98. The molecule has 1 N–H and O–H groups in total. The SMILES string of the molecule is CC(C)(C)CC(C)(C)N1CCNC1=O. The van der Waals surface area contributed by atoms with Gasteiger partial charge in [-0.2, -0.15) is 0 Å². The predicted molar refractivity (Wildman–Crippen MR) is 58.3 cm³/mol. The van der Waals surface area contributed by atoms with Crippen LogP contribution < -0.4 is 5.32 Å². The van der Waals surface area contributed by atoms with Crippen molar-refractivity contribution in [3.63, 3.8) is 0 Å². The van der Waals surface area contributed by atoms with Gasteiger partial charge in [0.25, 0.3) is 0 Å². The molecule has 0 radical (unpaired) electrons. The van der Waals surface area contributed by atoms with Crippen molar-refractivity contribution in [3.8, 4) is 0 Å². The summed E-state index contributed by atoms with van der Waals surface area (Å²) in [5.41, 5.74) is 0.213. The van der Waals surface area contributed by atoms with E-state index in [0.29, 0.717) is 0 Å². The van der Waals surface area contributed by atoms with Crippen molar-refractivity contribution in [2.24, 2.45) is 5.41 Å². The highest BCUT2D eigenvalue weighted by Crippen LogP contribution is 2.31. The van der Waals surface area contributed by atoms with Crippen LogP contribution in [-0.2, 0) is 0 Å². The van der Waals surface area contributed by atoms with Gasteiger partial charge in [0.05, 0.1) is 0 Å². The molecule has 1 aliphatic heterocycles. The second-order valence-corrected chi connectivity index (χ2v) is 5.93. The molecular weight excluding hydrogens is 176 g/mol. The molecule has 1 heterocycles. The number of rotatable bonds is 2. The first kappa shape index (κ1) is 11.3. The Morgan fingerprint density at radius 3 is 2.21 bits per heavy atom. The fourth-order valence-electron chi connectivity index (χ4n) is 2.44. The maximum Gasteiger partial charge on any atom is 0.317 e. The van der Waals surface area contributed by atoms with Crippen LogP contribution in [0.3, 0.4) is 0 Å². The molecule has 2 amide bonds. The van der Waals surface area contributed by atoms with Gasteiger partial charge in [-0.1, -0.05) is 20.8 Å². The van der Waals surface area contributed by atoms with Gasteiger partial charge in [-0.25, -0.2) is 4.79 Å². The van der Waals surface area contributed by atoms with E-state index in [-0.39, 0.29) is 17.0 Å². The molecule has 3 heteroatoms. The van der Waals surface area contributed by atoms with Crippen LogP contribution in [0.5, 0.6) is 0 Å². The fourth-order valence-corrected chi connectivity index (χ4v) is 2.44. The molecular formula is C11H22N2O. The lowest BCUT2D eigenvalue weighted by Gasteiger charge is -2.39. The standard InChI is InChI=1S/C11H22N2O/c1-10(2,3)8-11(4,5)13-7-6-12-9(13)14/h6-8H2,1-5H3,(H,12,14). The first-order valence-corrected chi connectivity index (χ1v) is 5.28. The van der Waals surface area contributed by atoms with Crippen molar-refractivity contribution in [1.82, 2.24) is 10.2 Å². The molecule has 0 saturated carbocycles. The van der Waals surface area contributed by atoms with Gasteiger partial charge in [-0.15, -0.1) is 0 Å². The lowest BCUT2D eigenvalue weighted by atomic mass is 9.81. The lowest BCUT2D eigenvalue weighted by Crippen LogP contribution is -2.47. The number of hydrogen-bond acceptors (Lipinski definition) is 1. The van der Waals surface area contributed by atoms with Crippen molar-refractivity contribution in [2.75, 3.05) is 13.1 Å². The highest BCUT2D eigenvalue weighted by molar-refractivity contribution is 5.77. The van der Waals surface area contributed by atoms with Crippen molar-refractivity contribution in [2.45, 2.75) is 46.6 Å². The van der Waals surface area contributed by atoms with E-state index in [2.05, 4.69) is 39.9 Å². The Labute approximate surface area is 86.9 Å².